The van der Waals surface area contributed by atoms with Gasteiger partial charge in [-0.25, -0.2) is 8.42 Å². The van der Waals surface area contributed by atoms with Gasteiger partial charge in [0.15, 0.2) is 22.4 Å². The van der Waals surface area contributed by atoms with Crippen LogP contribution in [0.1, 0.15) is 24.7 Å². The summed E-state index contributed by atoms with van der Waals surface area (Å²) < 4.78 is 52.4. The highest BCUT2D eigenvalue weighted by Gasteiger charge is 2.57. The summed E-state index contributed by atoms with van der Waals surface area (Å²) in [6.45, 7) is 1.85. The minimum atomic E-state index is -3.75. The summed E-state index contributed by atoms with van der Waals surface area (Å²) in [5, 5.41) is -0.846. The van der Waals surface area contributed by atoms with Crippen molar-refractivity contribution in [2.75, 3.05) is 26.8 Å². The second-order valence-corrected chi connectivity index (χ2v) is 10.6. The number of rotatable bonds is 5. The minimum absolute atomic E-state index is 0.234. The van der Waals surface area contributed by atoms with Crippen molar-refractivity contribution in [3.05, 3.63) is 66.2 Å². The molecule has 7 nitrogen and oxygen atoms in total. The molecule has 0 amide bonds. The highest BCUT2D eigenvalue weighted by molar-refractivity contribution is 7.92. The van der Waals surface area contributed by atoms with E-state index >= 15 is 0 Å². The van der Waals surface area contributed by atoms with Gasteiger partial charge in [0.25, 0.3) is 0 Å². The summed E-state index contributed by atoms with van der Waals surface area (Å²) in [4.78, 5) is 2.47. The fourth-order valence-corrected chi connectivity index (χ4v) is 7.19. The Kier molecular flexibility index (Phi) is 6.33. The van der Waals surface area contributed by atoms with E-state index in [1.54, 1.807) is 31.4 Å². The van der Waals surface area contributed by atoms with E-state index in [0.29, 0.717) is 0 Å². The number of hydrogen-bond donors (Lipinski definition) is 0. The van der Waals surface area contributed by atoms with Crippen LogP contribution in [0.15, 0.2) is 65.6 Å². The molecule has 6 atom stereocenters. The maximum Gasteiger partial charge on any atom is 0.185 e. The molecule has 0 spiro atoms. The Balaban J connectivity index is 1.57. The molecule has 1 unspecified atom stereocenters. The number of methoxy groups -OCH3 is 1. The third-order valence-electron chi connectivity index (χ3n) is 6.60. The first kappa shape index (κ1) is 22.0. The van der Waals surface area contributed by atoms with E-state index in [0.717, 1.165) is 31.5 Å². The van der Waals surface area contributed by atoms with Gasteiger partial charge >= 0.3 is 0 Å². The highest BCUT2D eigenvalue weighted by atomic mass is 32.2. The molecule has 8 heteroatoms. The third-order valence-corrected chi connectivity index (χ3v) is 8.80. The first-order chi connectivity index (χ1) is 15.6. The number of ether oxygens (including phenoxy) is 4. The van der Waals surface area contributed by atoms with Gasteiger partial charge in [-0.2, -0.15) is 0 Å². The van der Waals surface area contributed by atoms with E-state index in [1.165, 1.54) is 0 Å². The zero-order chi connectivity index (χ0) is 22.1. The van der Waals surface area contributed by atoms with Gasteiger partial charge in [0, 0.05) is 12.7 Å². The second kappa shape index (κ2) is 9.21. The van der Waals surface area contributed by atoms with Gasteiger partial charge in [0.2, 0.25) is 0 Å². The normalized spacial score (nSPS) is 33.7. The molecule has 0 aromatic heterocycles. The molecule has 5 rings (SSSR count). The van der Waals surface area contributed by atoms with E-state index in [2.05, 4.69) is 4.90 Å². The maximum atomic E-state index is 14.1. The van der Waals surface area contributed by atoms with Crippen molar-refractivity contribution in [3.8, 4) is 0 Å². The van der Waals surface area contributed by atoms with Crippen LogP contribution >= 0.6 is 0 Å². The van der Waals surface area contributed by atoms with Crippen molar-refractivity contribution in [1.29, 1.82) is 0 Å². The van der Waals surface area contributed by atoms with Crippen molar-refractivity contribution in [2.24, 2.45) is 0 Å². The Labute approximate surface area is 189 Å². The number of likely N-dealkylation sites (tertiary alicyclic amines) is 1. The van der Waals surface area contributed by atoms with Crippen LogP contribution in [-0.2, 0) is 28.8 Å². The Morgan fingerprint density at radius 3 is 2.25 bits per heavy atom. The van der Waals surface area contributed by atoms with Crippen LogP contribution in [0.3, 0.4) is 0 Å². The average molecular weight is 460 g/mol. The van der Waals surface area contributed by atoms with Crippen molar-refractivity contribution in [1.82, 2.24) is 4.90 Å². The molecule has 3 saturated heterocycles. The Morgan fingerprint density at radius 2 is 1.59 bits per heavy atom. The Bertz CT molecular complexity index is 996. The summed E-state index contributed by atoms with van der Waals surface area (Å²) in [5.41, 5.74) is 0.855. The number of fused-ring (bicyclic) bond motifs is 1. The molecule has 32 heavy (non-hydrogen) atoms. The van der Waals surface area contributed by atoms with Crippen LogP contribution in [0.25, 0.3) is 0 Å². The van der Waals surface area contributed by atoms with Gasteiger partial charge in [-0.1, -0.05) is 48.5 Å². The van der Waals surface area contributed by atoms with Crippen LogP contribution in [0.2, 0.25) is 0 Å². The van der Waals surface area contributed by atoms with E-state index in [9.17, 15) is 8.42 Å². The molecule has 0 saturated carbocycles. The molecule has 172 valence electrons. The Hall–Kier alpha value is -1.81. The van der Waals surface area contributed by atoms with Crippen molar-refractivity contribution in [2.45, 2.75) is 53.8 Å². The summed E-state index contributed by atoms with van der Waals surface area (Å²) in [5.74, 6) is 0. The standard InChI is InChI=1S/C24H29NO6S/c1-28-24-20(25-14-8-9-15-25)22(32(26,27)18-12-6-3-7-13-18)21-19(30-24)16-29-23(31-21)17-10-4-2-5-11-17/h2-7,10-13,19-24H,8-9,14-16H2,1H3/t19-,20-,21-,22-,23?,24-/m1/s1. The lowest BCUT2D eigenvalue weighted by Gasteiger charge is -2.51. The Morgan fingerprint density at radius 1 is 0.938 bits per heavy atom. The predicted octanol–water partition coefficient (Wildman–Crippen LogP) is 2.78. The smallest absolute Gasteiger partial charge is 0.185 e. The van der Waals surface area contributed by atoms with Gasteiger partial charge in [-0.15, -0.1) is 0 Å². The van der Waals surface area contributed by atoms with Crippen LogP contribution in [0.4, 0.5) is 0 Å². The van der Waals surface area contributed by atoms with Crippen LogP contribution in [0, 0.1) is 0 Å². The van der Waals surface area contributed by atoms with E-state index < -0.39 is 45.9 Å². The largest absolute Gasteiger partial charge is 0.354 e. The lowest BCUT2D eigenvalue weighted by Crippen LogP contribution is -2.68. The van der Waals surface area contributed by atoms with Crippen molar-refractivity contribution >= 4 is 9.84 Å². The fraction of sp³-hybridized carbons (Fsp3) is 0.500. The van der Waals surface area contributed by atoms with E-state index in [1.807, 2.05) is 36.4 Å². The topological polar surface area (TPSA) is 74.3 Å². The lowest BCUT2D eigenvalue weighted by molar-refractivity contribution is -0.324. The summed E-state index contributed by atoms with van der Waals surface area (Å²) >= 11 is 0. The molecule has 3 fully saturated rings. The highest BCUT2D eigenvalue weighted by Crippen LogP contribution is 2.41. The van der Waals surface area contributed by atoms with Gasteiger partial charge in [0.05, 0.1) is 17.5 Å². The second-order valence-electron chi connectivity index (χ2n) is 8.51. The number of hydrogen-bond acceptors (Lipinski definition) is 7. The number of sulfone groups is 1. The molecular weight excluding hydrogens is 430 g/mol. The molecule has 0 bridgehead atoms. The van der Waals surface area contributed by atoms with Crippen molar-refractivity contribution < 1.29 is 27.4 Å². The number of nitrogens with zero attached hydrogens (tertiary/aromatic N) is 1. The first-order valence-electron chi connectivity index (χ1n) is 11.1. The van der Waals surface area contributed by atoms with E-state index in [-0.39, 0.29) is 11.5 Å². The molecule has 3 aliphatic rings. The summed E-state index contributed by atoms with van der Waals surface area (Å²) in [6.07, 6.45) is -0.504. The summed E-state index contributed by atoms with van der Waals surface area (Å²) in [6, 6.07) is 17.7. The van der Waals surface area contributed by atoms with Crippen molar-refractivity contribution in [3.63, 3.8) is 0 Å². The quantitative estimate of drug-likeness (QED) is 0.681. The minimum Gasteiger partial charge on any atom is -0.354 e. The van der Waals surface area contributed by atoms with Gasteiger partial charge in [-0.05, 0) is 38.1 Å². The van der Waals surface area contributed by atoms with Gasteiger partial charge in [0.1, 0.15) is 17.5 Å². The fourth-order valence-electron chi connectivity index (χ4n) is 5.08. The van der Waals surface area contributed by atoms with Gasteiger partial charge in [-0.3, -0.25) is 4.90 Å². The molecule has 3 heterocycles. The molecule has 3 aliphatic heterocycles. The monoisotopic (exact) mass is 459 g/mol. The SMILES string of the molecule is CO[C@@H]1O[C@@H]2COC(c3ccccc3)O[C@H]2[C@H](S(=O)(=O)c2ccccc2)[C@H]1N1CCCC1. The first-order valence-corrected chi connectivity index (χ1v) is 12.7. The summed E-state index contributed by atoms with van der Waals surface area (Å²) in [7, 11) is -2.18. The predicted molar refractivity (Wildman–Crippen MR) is 118 cm³/mol. The van der Waals surface area contributed by atoms with Crippen LogP contribution in [0.5, 0.6) is 0 Å². The molecular formula is C24H29NO6S. The average Bonchev–Trinajstić information content (AvgIpc) is 3.38. The van der Waals surface area contributed by atoms with Gasteiger partial charge < -0.3 is 18.9 Å². The lowest BCUT2D eigenvalue weighted by atomic mass is 9.97. The van der Waals surface area contributed by atoms with E-state index in [4.69, 9.17) is 18.9 Å². The molecule has 0 N–H and O–H groups in total. The molecule has 0 radical (unpaired) electrons. The molecule has 2 aromatic rings. The third kappa shape index (κ3) is 4.00. The van der Waals surface area contributed by atoms with Crippen LogP contribution < -0.4 is 0 Å². The zero-order valence-electron chi connectivity index (χ0n) is 18.1. The molecule has 0 aliphatic carbocycles. The van der Waals surface area contributed by atoms with Crippen LogP contribution in [-0.4, -0.2) is 69.9 Å². The maximum absolute atomic E-state index is 14.1. The zero-order valence-corrected chi connectivity index (χ0v) is 18.9. The number of benzene rings is 2. The molecule has 2 aromatic carbocycles.